The molecule has 0 aromatic carbocycles. The van der Waals surface area contributed by atoms with Gasteiger partial charge in [-0.25, -0.2) is 4.98 Å². The lowest BCUT2D eigenvalue weighted by Gasteiger charge is -2.34. The van der Waals surface area contributed by atoms with Crippen LogP contribution in [0.15, 0.2) is 0 Å². The smallest absolute Gasteiger partial charge is 0.293 e. The molecule has 1 aromatic rings. The number of hydrogen-bond acceptors (Lipinski definition) is 4. The second-order valence-electron chi connectivity index (χ2n) is 5.48. The van der Waals surface area contributed by atoms with Gasteiger partial charge in [-0.15, -0.1) is 5.10 Å². The first-order valence-electron chi connectivity index (χ1n) is 7.13. The number of piperidine rings is 1. The largest absolute Gasteiger partial charge is 0.396 e. The minimum Gasteiger partial charge on any atom is -0.396 e. The zero-order valence-corrected chi connectivity index (χ0v) is 11.0. The summed E-state index contributed by atoms with van der Waals surface area (Å²) < 4.78 is 0. The van der Waals surface area contributed by atoms with E-state index in [1.807, 2.05) is 4.90 Å². The first-order chi connectivity index (χ1) is 9.29. The van der Waals surface area contributed by atoms with Gasteiger partial charge in [-0.1, -0.05) is 0 Å². The minimum absolute atomic E-state index is 0.0960. The Morgan fingerprint density at radius 2 is 2.21 bits per heavy atom. The van der Waals surface area contributed by atoms with E-state index in [4.69, 9.17) is 5.11 Å². The Kier molecular flexibility index (Phi) is 3.50. The number of rotatable bonds is 4. The number of carbonyl (C=O) groups is 1. The average Bonchev–Trinajstić information content (AvgIpc) is 3.17. The van der Waals surface area contributed by atoms with Crippen LogP contribution >= 0.6 is 0 Å². The van der Waals surface area contributed by atoms with Crippen LogP contribution in [-0.2, 0) is 0 Å². The number of nitrogens with one attached hydrogen (secondary N) is 1. The standard InChI is InChI=1S/C13H20N4O2/c18-8-6-10-3-1-2-7-17(10)13(19)12-14-11(15-16-12)9-4-5-9/h9-10,18H,1-8H2,(H,14,15,16). The number of H-pyrrole nitrogens is 1. The van der Waals surface area contributed by atoms with Crippen molar-refractivity contribution in [1.29, 1.82) is 0 Å². The lowest BCUT2D eigenvalue weighted by Crippen LogP contribution is -2.44. The molecule has 1 aromatic heterocycles. The van der Waals surface area contributed by atoms with Gasteiger partial charge in [0.05, 0.1) is 0 Å². The normalized spacial score (nSPS) is 23.6. The van der Waals surface area contributed by atoms with Gasteiger partial charge in [0.1, 0.15) is 5.82 Å². The third-order valence-electron chi connectivity index (χ3n) is 4.01. The van der Waals surface area contributed by atoms with E-state index in [0.29, 0.717) is 12.3 Å². The van der Waals surface area contributed by atoms with Crippen LogP contribution < -0.4 is 0 Å². The number of aromatic nitrogens is 3. The molecule has 1 aliphatic carbocycles. The molecule has 2 heterocycles. The van der Waals surface area contributed by atoms with E-state index in [9.17, 15) is 4.79 Å². The second-order valence-corrected chi connectivity index (χ2v) is 5.48. The highest BCUT2D eigenvalue weighted by Gasteiger charge is 2.32. The summed E-state index contributed by atoms with van der Waals surface area (Å²) in [5.41, 5.74) is 0. The number of aliphatic hydroxyl groups excluding tert-OH is 1. The van der Waals surface area contributed by atoms with Crippen LogP contribution in [0.4, 0.5) is 0 Å². The number of nitrogens with zero attached hydrogens (tertiary/aromatic N) is 3. The summed E-state index contributed by atoms with van der Waals surface area (Å²) in [6.07, 6.45) is 6.03. The molecular weight excluding hydrogens is 244 g/mol. The average molecular weight is 264 g/mol. The maximum atomic E-state index is 12.4. The Hall–Kier alpha value is -1.43. The molecule has 1 atom stereocenters. The van der Waals surface area contributed by atoms with Crippen molar-refractivity contribution in [3.8, 4) is 0 Å². The van der Waals surface area contributed by atoms with Crippen molar-refractivity contribution in [2.45, 2.75) is 50.5 Å². The fourth-order valence-electron chi connectivity index (χ4n) is 2.75. The summed E-state index contributed by atoms with van der Waals surface area (Å²) in [7, 11) is 0. The van der Waals surface area contributed by atoms with Crippen molar-refractivity contribution in [1.82, 2.24) is 20.1 Å². The van der Waals surface area contributed by atoms with E-state index < -0.39 is 0 Å². The van der Waals surface area contributed by atoms with Gasteiger partial charge in [0.2, 0.25) is 5.82 Å². The Bertz CT molecular complexity index is 453. The van der Waals surface area contributed by atoms with Crippen molar-refractivity contribution in [2.75, 3.05) is 13.2 Å². The van der Waals surface area contributed by atoms with Crippen LogP contribution in [0.25, 0.3) is 0 Å². The molecule has 0 bridgehead atoms. The third kappa shape index (κ3) is 2.63. The maximum Gasteiger partial charge on any atom is 0.293 e. The molecule has 2 aliphatic rings. The Morgan fingerprint density at radius 3 is 2.95 bits per heavy atom. The summed E-state index contributed by atoms with van der Waals surface area (Å²) in [5.74, 6) is 1.51. The van der Waals surface area contributed by atoms with E-state index in [1.54, 1.807) is 0 Å². The van der Waals surface area contributed by atoms with Crippen LogP contribution in [0, 0.1) is 0 Å². The van der Waals surface area contributed by atoms with E-state index in [0.717, 1.165) is 44.5 Å². The minimum atomic E-state index is -0.0960. The van der Waals surface area contributed by atoms with Crippen molar-refractivity contribution >= 4 is 5.91 Å². The van der Waals surface area contributed by atoms with Crippen molar-refractivity contribution in [2.24, 2.45) is 0 Å². The molecule has 2 fully saturated rings. The fraction of sp³-hybridized carbons (Fsp3) is 0.769. The van der Waals surface area contributed by atoms with E-state index >= 15 is 0 Å². The van der Waals surface area contributed by atoms with E-state index in [-0.39, 0.29) is 24.4 Å². The van der Waals surface area contributed by atoms with Crippen LogP contribution in [0.3, 0.4) is 0 Å². The second kappa shape index (κ2) is 5.28. The first kappa shape index (κ1) is 12.6. The van der Waals surface area contributed by atoms with Gasteiger partial charge in [0.25, 0.3) is 5.91 Å². The lowest BCUT2D eigenvalue weighted by molar-refractivity contribution is 0.0562. The van der Waals surface area contributed by atoms with Crippen LogP contribution in [0.5, 0.6) is 0 Å². The summed E-state index contributed by atoms with van der Waals surface area (Å²) in [6, 6.07) is 0.133. The number of amides is 1. The van der Waals surface area contributed by atoms with E-state index in [2.05, 4.69) is 15.2 Å². The Labute approximate surface area is 112 Å². The topological polar surface area (TPSA) is 82.1 Å². The van der Waals surface area contributed by atoms with Gasteiger partial charge in [-0.05, 0) is 38.5 Å². The Morgan fingerprint density at radius 1 is 1.37 bits per heavy atom. The molecule has 6 nitrogen and oxygen atoms in total. The Balaban J connectivity index is 1.72. The lowest BCUT2D eigenvalue weighted by atomic mass is 9.99. The van der Waals surface area contributed by atoms with Crippen LogP contribution in [0.1, 0.15) is 60.9 Å². The molecule has 0 radical (unpaired) electrons. The summed E-state index contributed by atoms with van der Waals surface area (Å²) >= 11 is 0. The van der Waals surface area contributed by atoms with Crippen molar-refractivity contribution in [3.63, 3.8) is 0 Å². The highest BCUT2D eigenvalue weighted by molar-refractivity contribution is 5.90. The van der Waals surface area contributed by atoms with Crippen molar-refractivity contribution in [3.05, 3.63) is 11.6 Å². The van der Waals surface area contributed by atoms with Gasteiger partial charge in [-0.2, -0.15) is 0 Å². The monoisotopic (exact) mass is 264 g/mol. The molecule has 2 N–H and O–H groups in total. The van der Waals surface area contributed by atoms with E-state index in [1.165, 1.54) is 0 Å². The summed E-state index contributed by atoms with van der Waals surface area (Å²) in [4.78, 5) is 18.6. The SMILES string of the molecule is O=C(c1n[nH]c(C2CC2)n1)N1CCCCC1CCO. The zero-order chi connectivity index (χ0) is 13.2. The maximum absolute atomic E-state index is 12.4. The highest BCUT2D eigenvalue weighted by atomic mass is 16.3. The molecule has 19 heavy (non-hydrogen) atoms. The number of aromatic amines is 1. The molecule has 104 valence electrons. The van der Waals surface area contributed by atoms with Crippen molar-refractivity contribution < 1.29 is 9.90 Å². The van der Waals surface area contributed by atoms with Gasteiger partial charge >= 0.3 is 0 Å². The third-order valence-corrected chi connectivity index (χ3v) is 4.01. The number of carbonyl (C=O) groups excluding carboxylic acids is 1. The molecule has 3 rings (SSSR count). The zero-order valence-electron chi connectivity index (χ0n) is 11.0. The number of hydrogen-bond donors (Lipinski definition) is 2. The summed E-state index contributed by atoms with van der Waals surface area (Å²) in [6.45, 7) is 0.868. The predicted molar refractivity (Wildman–Crippen MR) is 68.7 cm³/mol. The molecular formula is C13H20N4O2. The molecule has 1 unspecified atom stereocenters. The van der Waals surface area contributed by atoms with Gasteiger partial charge in [-0.3, -0.25) is 9.89 Å². The molecule has 1 saturated carbocycles. The first-order valence-corrected chi connectivity index (χ1v) is 7.13. The molecule has 1 amide bonds. The van der Waals surface area contributed by atoms with Crippen LogP contribution in [0.2, 0.25) is 0 Å². The van der Waals surface area contributed by atoms with Crippen LogP contribution in [-0.4, -0.2) is 50.3 Å². The number of aliphatic hydroxyl groups is 1. The predicted octanol–water partition coefficient (Wildman–Crippen LogP) is 1.06. The van der Waals surface area contributed by atoms with Gasteiger partial charge < -0.3 is 10.0 Å². The summed E-state index contributed by atoms with van der Waals surface area (Å²) in [5, 5.41) is 16.0. The molecule has 1 saturated heterocycles. The van der Waals surface area contributed by atoms with Gasteiger partial charge in [0, 0.05) is 25.1 Å². The number of likely N-dealkylation sites (tertiary alicyclic amines) is 1. The molecule has 1 aliphatic heterocycles. The quantitative estimate of drug-likeness (QED) is 0.852. The van der Waals surface area contributed by atoms with Gasteiger partial charge in [0.15, 0.2) is 0 Å². The fourth-order valence-corrected chi connectivity index (χ4v) is 2.75. The highest BCUT2D eigenvalue weighted by Crippen LogP contribution is 2.37. The molecule has 0 spiro atoms. The molecule has 6 heteroatoms.